The summed E-state index contributed by atoms with van der Waals surface area (Å²) in [5.41, 5.74) is 1.19. The fraction of sp³-hybridized carbons (Fsp3) is 0.300. The van der Waals surface area contributed by atoms with Gasteiger partial charge in [-0.05, 0) is 42.5 Å². The van der Waals surface area contributed by atoms with E-state index < -0.39 is 11.7 Å². The Balaban J connectivity index is 1.44. The SMILES string of the molecule is O=C(COc1ccc(F)cc1Cl)Nc1ccc(NC(=O)CN2CCOCC2)cc1. The molecule has 0 unspecified atom stereocenters. The Bertz CT molecular complexity index is 857. The van der Waals surface area contributed by atoms with Gasteiger partial charge in [0.15, 0.2) is 6.61 Å². The van der Waals surface area contributed by atoms with Gasteiger partial charge in [-0.25, -0.2) is 4.39 Å². The second-order valence-corrected chi connectivity index (χ2v) is 6.83. The highest BCUT2D eigenvalue weighted by Crippen LogP contribution is 2.24. The van der Waals surface area contributed by atoms with Gasteiger partial charge in [0.05, 0.1) is 24.8 Å². The molecule has 1 aliphatic heterocycles. The molecule has 0 spiro atoms. The van der Waals surface area contributed by atoms with E-state index in [1.807, 2.05) is 4.90 Å². The van der Waals surface area contributed by atoms with Crippen molar-refractivity contribution in [1.82, 2.24) is 4.90 Å². The summed E-state index contributed by atoms with van der Waals surface area (Å²) in [4.78, 5) is 26.1. The smallest absolute Gasteiger partial charge is 0.262 e. The molecule has 1 aliphatic rings. The first-order valence-corrected chi connectivity index (χ1v) is 9.45. The zero-order valence-electron chi connectivity index (χ0n) is 15.6. The van der Waals surface area contributed by atoms with Crippen molar-refractivity contribution in [1.29, 1.82) is 0 Å². The molecule has 0 bridgehead atoms. The number of ether oxygens (including phenoxy) is 2. The Kier molecular flexibility index (Phi) is 7.40. The van der Waals surface area contributed by atoms with Crippen LogP contribution in [0.5, 0.6) is 5.75 Å². The molecule has 0 atom stereocenters. The van der Waals surface area contributed by atoms with Crippen LogP contribution in [-0.4, -0.2) is 56.2 Å². The van der Waals surface area contributed by atoms with Gasteiger partial charge in [0.2, 0.25) is 5.91 Å². The molecule has 2 aromatic rings. The van der Waals surface area contributed by atoms with E-state index >= 15 is 0 Å². The van der Waals surface area contributed by atoms with Gasteiger partial charge in [-0.2, -0.15) is 0 Å². The van der Waals surface area contributed by atoms with E-state index in [2.05, 4.69) is 10.6 Å². The maximum Gasteiger partial charge on any atom is 0.262 e. The summed E-state index contributed by atoms with van der Waals surface area (Å²) in [6.45, 7) is 2.79. The van der Waals surface area contributed by atoms with Crippen LogP contribution in [-0.2, 0) is 14.3 Å². The molecule has 154 valence electrons. The summed E-state index contributed by atoms with van der Waals surface area (Å²) in [5, 5.41) is 5.59. The standard InChI is InChI=1S/C20H21ClFN3O4/c21-17-11-14(22)1-6-18(17)29-13-20(27)24-16-4-2-15(3-5-16)23-19(26)12-25-7-9-28-10-8-25/h1-6,11H,7-10,12-13H2,(H,23,26)(H,24,27). The highest BCUT2D eigenvalue weighted by atomic mass is 35.5. The number of hydrogen-bond acceptors (Lipinski definition) is 5. The lowest BCUT2D eigenvalue weighted by atomic mass is 10.2. The predicted molar refractivity (Wildman–Crippen MR) is 108 cm³/mol. The van der Waals surface area contributed by atoms with Crippen molar-refractivity contribution in [2.75, 3.05) is 50.1 Å². The van der Waals surface area contributed by atoms with Crippen molar-refractivity contribution >= 4 is 34.8 Å². The Hall–Kier alpha value is -2.68. The fourth-order valence-corrected chi connectivity index (χ4v) is 2.95. The van der Waals surface area contributed by atoms with Crippen molar-refractivity contribution in [3.05, 3.63) is 53.3 Å². The van der Waals surface area contributed by atoms with Crippen LogP contribution >= 0.6 is 11.6 Å². The molecule has 2 aromatic carbocycles. The number of benzene rings is 2. The summed E-state index contributed by atoms with van der Waals surface area (Å²) in [6, 6.07) is 10.4. The number of nitrogens with zero attached hydrogens (tertiary/aromatic N) is 1. The molecule has 1 fully saturated rings. The van der Waals surface area contributed by atoms with E-state index in [1.165, 1.54) is 12.1 Å². The first-order valence-electron chi connectivity index (χ1n) is 9.07. The number of nitrogens with one attached hydrogen (secondary N) is 2. The molecule has 9 heteroatoms. The minimum Gasteiger partial charge on any atom is -0.482 e. The molecule has 1 saturated heterocycles. The highest BCUT2D eigenvalue weighted by molar-refractivity contribution is 6.32. The van der Waals surface area contributed by atoms with Crippen molar-refractivity contribution in [2.24, 2.45) is 0 Å². The second-order valence-electron chi connectivity index (χ2n) is 6.43. The zero-order chi connectivity index (χ0) is 20.6. The Morgan fingerprint density at radius 3 is 2.28 bits per heavy atom. The average Bonchev–Trinajstić information content (AvgIpc) is 2.69. The fourth-order valence-electron chi connectivity index (χ4n) is 2.73. The van der Waals surface area contributed by atoms with Crippen LogP contribution in [0.25, 0.3) is 0 Å². The number of hydrogen-bond donors (Lipinski definition) is 2. The largest absolute Gasteiger partial charge is 0.482 e. The summed E-state index contributed by atoms with van der Waals surface area (Å²) in [7, 11) is 0. The van der Waals surface area contributed by atoms with Gasteiger partial charge in [-0.3, -0.25) is 14.5 Å². The number of halogens is 2. The number of anilines is 2. The third-order valence-electron chi connectivity index (χ3n) is 4.18. The van der Waals surface area contributed by atoms with Crippen molar-refractivity contribution in [2.45, 2.75) is 0 Å². The lowest BCUT2D eigenvalue weighted by molar-refractivity contribution is -0.119. The zero-order valence-corrected chi connectivity index (χ0v) is 16.4. The number of amides is 2. The molecular formula is C20H21ClFN3O4. The summed E-state index contributed by atoms with van der Waals surface area (Å²) < 4.78 is 23.6. The lowest BCUT2D eigenvalue weighted by Gasteiger charge is -2.25. The molecule has 1 heterocycles. The first-order chi connectivity index (χ1) is 14.0. The molecule has 7 nitrogen and oxygen atoms in total. The normalized spacial score (nSPS) is 14.3. The van der Waals surface area contributed by atoms with Gasteiger partial charge in [0.1, 0.15) is 11.6 Å². The van der Waals surface area contributed by atoms with E-state index in [0.717, 1.165) is 19.2 Å². The predicted octanol–water partition coefficient (Wildman–Crippen LogP) is 2.77. The topological polar surface area (TPSA) is 79.9 Å². The molecule has 3 rings (SSSR count). The third kappa shape index (κ3) is 6.70. The van der Waals surface area contributed by atoms with Crippen LogP contribution < -0.4 is 15.4 Å². The quantitative estimate of drug-likeness (QED) is 0.718. The molecule has 0 aliphatic carbocycles. The van der Waals surface area contributed by atoms with E-state index in [4.69, 9.17) is 21.1 Å². The second kappa shape index (κ2) is 10.2. The first kappa shape index (κ1) is 21.0. The van der Waals surface area contributed by atoms with Gasteiger partial charge in [0, 0.05) is 24.5 Å². The molecule has 0 saturated carbocycles. The Morgan fingerprint density at radius 1 is 1.03 bits per heavy atom. The number of rotatable bonds is 7. The van der Waals surface area contributed by atoms with Gasteiger partial charge in [-0.15, -0.1) is 0 Å². The molecule has 2 N–H and O–H groups in total. The average molecular weight is 422 g/mol. The monoisotopic (exact) mass is 421 g/mol. The molecule has 29 heavy (non-hydrogen) atoms. The Labute approximate surface area is 172 Å². The number of carbonyl (C=O) groups is 2. The maximum absolute atomic E-state index is 13.0. The molecule has 0 aromatic heterocycles. The van der Waals surface area contributed by atoms with E-state index in [1.54, 1.807) is 24.3 Å². The van der Waals surface area contributed by atoms with Gasteiger partial charge in [-0.1, -0.05) is 11.6 Å². The number of carbonyl (C=O) groups excluding carboxylic acids is 2. The minimum atomic E-state index is -0.482. The highest BCUT2D eigenvalue weighted by Gasteiger charge is 2.14. The van der Waals surface area contributed by atoms with E-state index in [9.17, 15) is 14.0 Å². The molecule has 2 amide bonds. The Morgan fingerprint density at radius 2 is 1.66 bits per heavy atom. The van der Waals surface area contributed by atoms with E-state index in [-0.39, 0.29) is 23.3 Å². The number of morpholine rings is 1. The third-order valence-corrected chi connectivity index (χ3v) is 4.47. The van der Waals surface area contributed by atoms with Crippen LogP contribution in [0.15, 0.2) is 42.5 Å². The minimum absolute atomic E-state index is 0.0926. The van der Waals surface area contributed by atoms with Crippen LogP contribution in [0.3, 0.4) is 0 Å². The van der Waals surface area contributed by atoms with Crippen molar-refractivity contribution < 1.29 is 23.5 Å². The van der Waals surface area contributed by atoms with Gasteiger partial charge in [0.25, 0.3) is 5.91 Å². The van der Waals surface area contributed by atoms with Crippen LogP contribution in [0.2, 0.25) is 5.02 Å². The van der Waals surface area contributed by atoms with E-state index in [0.29, 0.717) is 31.1 Å². The van der Waals surface area contributed by atoms with Crippen LogP contribution in [0.1, 0.15) is 0 Å². The van der Waals surface area contributed by atoms with Crippen molar-refractivity contribution in [3.63, 3.8) is 0 Å². The van der Waals surface area contributed by atoms with Crippen molar-refractivity contribution in [3.8, 4) is 5.75 Å². The molecule has 0 radical (unpaired) electrons. The summed E-state index contributed by atoms with van der Waals surface area (Å²) in [6.07, 6.45) is 0. The van der Waals surface area contributed by atoms with Gasteiger partial charge >= 0.3 is 0 Å². The maximum atomic E-state index is 13.0. The summed E-state index contributed by atoms with van der Waals surface area (Å²) in [5.74, 6) is -0.756. The lowest BCUT2D eigenvalue weighted by Crippen LogP contribution is -2.41. The van der Waals surface area contributed by atoms with Gasteiger partial charge < -0.3 is 20.1 Å². The summed E-state index contributed by atoms with van der Waals surface area (Å²) >= 11 is 5.85. The van der Waals surface area contributed by atoms with Crippen LogP contribution in [0, 0.1) is 5.82 Å². The van der Waals surface area contributed by atoms with Crippen LogP contribution in [0.4, 0.5) is 15.8 Å². The molecular weight excluding hydrogens is 401 g/mol.